The van der Waals surface area contributed by atoms with Crippen LogP contribution in [-0.2, 0) is 6.42 Å². The van der Waals surface area contributed by atoms with E-state index in [2.05, 4.69) is 28.0 Å². The zero-order valence-corrected chi connectivity index (χ0v) is 13.6. The normalized spacial score (nSPS) is 19.4. The molecule has 1 aromatic rings. The average molecular weight is 303 g/mol. The Hall–Kier alpha value is -1.26. The third-order valence-corrected chi connectivity index (χ3v) is 4.77. The zero-order chi connectivity index (χ0) is 15.2. The van der Waals surface area contributed by atoms with Crippen LogP contribution >= 0.6 is 0 Å². The number of unbranched alkanes of at least 4 members (excludes halogenated alkanes) is 1. The Labute approximate surface area is 134 Å². The van der Waals surface area contributed by atoms with Crippen LogP contribution in [0.4, 0.5) is 5.69 Å². The van der Waals surface area contributed by atoms with Crippen LogP contribution in [0.3, 0.4) is 0 Å². The molecule has 0 spiro atoms. The molecule has 4 nitrogen and oxygen atoms in total. The number of aryl methyl sites for hydroxylation is 1. The van der Waals surface area contributed by atoms with Gasteiger partial charge < -0.3 is 20.3 Å². The molecule has 1 fully saturated rings. The van der Waals surface area contributed by atoms with Crippen LogP contribution < -0.4 is 15.4 Å². The second kappa shape index (κ2) is 7.84. The van der Waals surface area contributed by atoms with Crippen molar-refractivity contribution in [3.63, 3.8) is 0 Å². The molecule has 2 N–H and O–H groups in total. The summed E-state index contributed by atoms with van der Waals surface area (Å²) in [7, 11) is 0. The van der Waals surface area contributed by atoms with Gasteiger partial charge in [-0.05, 0) is 63.4 Å². The minimum absolute atomic E-state index is 0.813. The molecule has 0 atom stereocenters. The molecule has 2 heterocycles. The molecule has 0 radical (unpaired) electrons. The summed E-state index contributed by atoms with van der Waals surface area (Å²) in [6, 6.07) is 6.63. The number of hydrogen-bond donors (Lipinski definition) is 1. The van der Waals surface area contributed by atoms with Crippen molar-refractivity contribution in [2.45, 2.75) is 32.1 Å². The fourth-order valence-corrected chi connectivity index (χ4v) is 3.54. The first kappa shape index (κ1) is 15.6. The van der Waals surface area contributed by atoms with Crippen molar-refractivity contribution in [2.75, 3.05) is 50.8 Å². The summed E-state index contributed by atoms with van der Waals surface area (Å²) >= 11 is 0. The number of nitrogens with zero attached hydrogens (tertiary/aromatic N) is 2. The summed E-state index contributed by atoms with van der Waals surface area (Å²) in [5.74, 6) is 1.14. The Balaban J connectivity index is 1.64. The van der Waals surface area contributed by atoms with Crippen LogP contribution in [0, 0.1) is 0 Å². The fourth-order valence-electron chi connectivity index (χ4n) is 3.54. The maximum Gasteiger partial charge on any atom is 0.145 e. The van der Waals surface area contributed by atoms with Crippen LogP contribution in [0.25, 0.3) is 0 Å². The monoisotopic (exact) mass is 303 g/mol. The van der Waals surface area contributed by atoms with Crippen molar-refractivity contribution in [3.8, 4) is 5.75 Å². The molecule has 0 bridgehead atoms. The lowest BCUT2D eigenvalue weighted by Crippen LogP contribution is -2.32. The molecule has 122 valence electrons. The second-order valence-corrected chi connectivity index (χ2v) is 6.40. The molecular formula is C18H29N3O. The van der Waals surface area contributed by atoms with Crippen molar-refractivity contribution >= 4 is 5.69 Å². The summed E-state index contributed by atoms with van der Waals surface area (Å²) < 4.78 is 5.99. The second-order valence-electron chi connectivity index (χ2n) is 6.40. The third kappa shape index (κ3) is 3.73. The van der Waals surface area contributed by atoms with E-state index in [1.165, 1.54) is 37.2 Å². The molecule has 0 amide bonds. The lowest BCUT2D eigenvalue weighted by atomic mass is 10.0. The molecule has 0 aliphatic carbocycles. The van der Waals surface area contributed by atoms with Crippen LogP contribution in [0.15, 0.2) is 18.2 Å². The Bertz CT molecular complexity index is 477. The van der Waals surface area contributed by atoms with Crippen molar-refractivity contribution < 1.29 is 4.74 Å². The highest BCUT2D eigenvalue weighted by molar-refractivity contribution is 5.62. The van der Waals surface area contributed by atoms with E-state index in [1.807, 2.05) is 0 Å². The number of para-hydroxylation sites is 1. The van der Waals surface area contributed by atoms with E-state index >= 15 is 0 Å². The van der Waals surface area contributed by atoms with Gasteiger partial charge in [0.2, 0.25) is 0 Å². The summed E-state index contributed by atoms with van der Waals surface area (Å²) in [6.07, 6.45) is 5.89. The highest BCUT2D eigenvalue weighted by atomic mass is 16.5. The van der Waals surface area contributed by atoms with Gasteiger partial charge in [-0.3, -0.25) is 0 Å². The molecule has 0 unspecified atom stereocenters. The Morgan fingerprint density at radius 1 is 1.05 bits per heavy atom. The number of rotatable bonds is 5. The van der Waals surface area contributed by atoms with E-state index in [0.29, 0.717) is 0 Å². The maximum absolute atomic E-state index is 5.99. The SMILES string of the molecule is NCCCCN1CCCN(c2cccc3c2OCCC3)CC1. The molecule has 2 aliphatic rings. The molecule has 0 aromatic heterocycles. The summed E-state index contributed by atoms with van der Waals surface area (Å²) in [4.78, 5) is 5.11. The minimum Gasteiger partial charge on any atom is -0.491 e. The van der Waals surface area contributed by atoms with Crippen molar-refractivity contribution in [1.82, 2.24) is 4.90 Å². The third-order valence-electron chi connectivity index (χ3n) is 4.77. The molecule has 0 saturated carbocycles. The van der Waals surface area contributed by atoms with Crippen molar-refractivity contribution in [1.29, 1.82) is 0 Å². The number of fused-ring (bicyclic) bond motifs is 1. The Kier molecular flexibility index (Phi) is 5.57. The number of ether oxygens (including phenoxy) is 1. The van der Waals surface area contributed by atoms with Crippen LogP contribution in [0.5, 0.6) is 5.75 Å². The van der Waals surface area contributed by atoms with Crippen LogP contribution in [0.2, 0.25) is 0 Å². The van der Waals surface area contributed by atoms with Crippen molar-refractivity contribution in [3.05, 3.63) is 23.8 Å². The van der Waals surface area contributed by atoms with Crippen LogP contribution in [0.1, 0.15) is 31.2 Å². The van der Waals surface area contributed by atoms with Gasteiger partial charge in [0, 0.05) is 19.6 Å². The average Bonchev–Trinajstić information content (AvgIpc) is 2.80. The van der Waals surface area contributed by atoms with Gasteiger partial charge in [-0.15, -0.1) is 0 Å². The topological polar surface area (TPSA) is 41.7 Å². The Morgan fingerprint density at radius 3 is 2.91 bits per heavy atom. The molecule has 1 aromatic carbocycles. The number of hydrogen-bond acceptors (Lipinski definition) is 4. The van der Waals surface area contributed by atoms with Gasteiger partial charge >= 0.3 is 0 Å². The first-order chi connectivity index (χ1) is 10.9. The number of nitrogens with two attached hydrogens (primary N) is 1. The van der Waals surface area contributed by atoms with Gasteiger partial charge in [0.15, 0.2) is 0 Å². The number of anilines is 1. The standard InChI is InChI=1S/C18H29N3O/c19-9-1-2-10-20-11-5-12-21(14-13-20)17-8-3-6-16-7-4-15-22-18(16)17/h3,6,8H,1-2,4-5,7,9-15,19H2. The first-order valence-corrected chi connectivity index (χ1v) is 8.80. The smallest absolute Gasteiger partial charge is 0.145 e. The van der Waals surface area contributed by atoms with Crippen LogP contribution in [-0.4, -0.2) is 50.8 Å². The molecule has 3 rings (SSSR count). The van der Waals surface area contributed by atoms with Gasteiger partial charge in [-0.25, -0.2) is 0 Å². The molecule has 2 aliphatic heterocycles. The van der Waals surface area contributed by atoms with E-state index in [9.17, 15) is 0 Å². The predicted molar refractivity (Wildman–Crippen MR) is 91.8 cm³/mol. The minimum atomic E-state index is 0.813. The quantitative estimate of drug-likeness (QED) is 0.847. The largest absolute Gasteiger partial charge is 0.491 e. The van der Waals surface area contributed by atoms with Gasteiger partial charge in [-0.2, -0.15) is 0 Å². The summed E-state index contributed by atoms with van der Waals surface area (Å²) in [6.45, 7) is 7.45. The number of benzene rings is 1. The predicted octanol–water partition coefficient (Wildman–Crippen LogP) is 2.26. The highest BCUT2D eigenvalue weighted by Crippen LogP contribution is 2.35. The van der Waals surface area contributed by atoms with E-state index in [1.54, 1.807) is 0 Å². The van der Waals surface area contributed by atoms with E-state index in [-0.39, 0.29) is 0 Å². The highest BCUT2D eigenvalue weighted by Gasteiger charge is 2.21. The summed E-state index contributed by atoms with van der Waals surface area (Å²) in [5, 5.41) is 0. The van der Waals surface area contributed by atoms with E-state index < -0.39 is 0 Å². The Morgan fingerprint density at radius 2 is 2.00 bits per heavy atom. The first-order valence-electron chi connectivity index (χ1n) is 8.80. The van der Waals surface area contributed by atoms with Crippen molar-refractivity contribution in [2.24, 2.45) is 5.73 Å². The maximum atomic E-state index is 5.99. The van der Waals surface area contributed by atoms with Gasteiger partial charge in [0.1, 0.15) is 5.75 Å². The van der Waals surface area contributed by atoms with Gasteiger partial charge in [0.05, 0.1) is 12.3 Å². The zero-order valence-electron chi connectivity index (χ0n) is 13.6. The van der Waals surface area contributed by atoms with E-state index in [4.69, 9.17) is 10.5 Å². The molecular weight excluding hydrogens is 274 g/mol. The molecule has 4 heteroatoms. The fraction of sp³-hybridized carbons (Fsp3) is 0.667. The lowest BCUT2D eigenvalue weighted by Gasteiger charge is -2.28. The van der Waals surface area contributed by atoms with E-state index in [0.717, 1.165) is 57.8 Å². The van der Waals surface area contributed by atoms with Gasteiger partial charge in [0.25, 0.3) is 0 Å². The summed E-state index contributed by atoms with van der Waals surface area (Å²) in [5.41, 5.74) is 8.29. The molecule has 22 heavy (non-hydrogen) atoms. The van der Waals surface area contributed by atoms with Gasteiger partial charge in [-0.1, -0.05) is 12.1 Å². The lowest BCUT2D eigenvalue weighted by molar-refractivity contribution is 0.285. The molecule has 1 saturated heterocycles.